The number of halogens is 3. The Morgan fingerprint density at radius 3 is 2.50 bits per heavy atom. The highest BCUT2D eigenvalue weighted by Gasteiger charge is 2.90. The van der Waals surface area contributed by atoms with Crippen LogP contribution in [0.15, 0.2) is 18.2 Å². The first-order valence-electron chi connectivity index (χ1n) is 8.82. The summed E-state index contributed by atoms with van der Waals surface area (Å²) in [5.74, 6) is -3.41. The number of carbonyl (C=O) groups excluding carboxylic acids is 2. The molecule has 1 aromatic carbocycles. The summed E-state index contributed by atoms with van der Waals surface area (Å²) in [7, 11) is 0. The Morgan fingerprint density at radius 1 is 1.25 bits per heavy atom. The monoisotopic (exact) mass is 392 g/mol. The van der Waals surface area contributed by atoms with E-state index in [1.807, 2.05) is 0 Å². The third-order valence-corrected chi connectivity index (χ3v) is 7.12. The van der Waals surface area contributed by atoms with E-state index in [1.165, 1.54) is 6.07 Å². The van der Waals surface area contributed by atoms with Crippen LogP contribution in [0.5, 0.6) is 0 Å². The molecule has 146 valence electrons. The van der Waals surface area contributed by atoms with Gasteiger partial charge in [0.15, 0.2) is 0 Å². The van der Waals surface area contributed by atoms with Gasteiger partial charge in [-0.1, -0.05) is 0 Å². The van der Waals surface area contributed by atoms with E-state index in [9.17, 15) is 27.9 Å². The number of nitrogens with zero attached hydrogens (tertiary/aromatic N) is 2. The predicted octanol–water partition coefficient (Wildman–Crippen LogP) is 1.99. The summed E-state index contributed by atoms with van der Waals surface area (Å²) in [6, 6.07) is 4.24. The van der Waals surface area contributed by atoms with Crippen LogP contribution in [0.1, 0.15) is 31.4 Å². The van der Waals surface area contributed by atoms with Crippen molar-refractivity contribution in [1.82, 2.24) is 0 Å². The van der Waals surface area contributed by atoms with Crippen molar-refractivity contribution in [2.45, 2.75) is 43.2 Å². The number of benzene rings is 1. The molecule has 4 fully saturated rings. The lowest BCUT2D eigenvalue weighted by Crippen LogP contribution is -2.51. The Hall–Kier alpha value is -2.44. The molecule has 6 atom stereocenters. The zero-order valence-electron chi connectivity index (χ0n) is 14.9. The quantitative estimate of drug-likeness (QED) is 0.739. The number of hydrogen-bond donors (Lipinski definition) is 1. The molecular formula is C19H15F3N2O4. The highest BCUT2D eigenvalue weighted by Crippen LogP contribution is 2.76. The Kier molecular flexibility index (Phi) is 2.89. The second kappa shape index (κ2) is 4.58. The number of amides is 2. The lowest BCUT2D eigenvalue weighted by Gasteiger charge is -2.32. The first-order chi connectivity index (χ1) is 12.9. The van der Waals surface area contributed by atoms with E-state index in [2.05, 4.69) is 0 Å². The van der Waals surface area contributed by atoms with Crippen LogP contribution in [0.2, 0.25) is 0 Å². The van der Waals surface area contributed by atoms with Gasteiger partial charge in [-0.15, -0.1) is 0 Å². The highest BCUT2D eigenvalue weighted by atomic mass is 19.4. The zero-order valence-corrected chi connectivity index (χ0v) is 14.9. The summed E-state index contributed by atoms with van der Waals surface area (Å²) in [5.41, 5.74) is -5.51. The number of aliphatic hydroxyl groups is 1. The van der Waals surface area contributed by atoms with Gasteiger partial charge in [0.1, 0.15) is 11.2 Å². The fourth-order valence-electron chi connectivity index (χ4n) is 5.77. The number of ether oxygens (including phenoxy) is 1. The van der Waals surface area contributed by atoms with Gasteiger partial charge < -0.3 is 9.84 Å². The van der Waals surface area contributed by atoms with E-state index in [0.717, 1.165) is 17.0 Å². The maximum absolute atomic E-state index is 13.3. The van der Waals surface area contributed by atoms with Crippen molar-refractivity contribution in [3.05, 3.63) is 29.3 Å². The van der Waals surface area contributed by atoms with Gasteiger partial charge in [0.25, 0.3) is 0 Å². The number of carbonyl (C=O) groups is 2. The molecule has 4 aliphatic rings. The molecule has 9 heteroatoms. The number of anilines is 1. The molecule has 2 bridgehead atoms. The van der Waals surface area contributed by atoms with Crippen LogP contribution in [0.25, 0.3) is 0 Å². The Morgan fingerprint density at radius 2 is 1.89 bits per heavy atom. The molecule has 0 radical (unpaired) electrons. The topological polar surface area (TPSA) is 90.6 Å². The molecule has 28 heavy (non-hydrogen) atoms. The molecule has 0 spiro atoms. The number of alkyl halides is 3. The molecule has 6 unspecified atom stereocenters. The van der Waals surface area contributed by atoms with Crippen LogP contribution in [0.4, 0.5) is 18.9 Å². The van der Waals surface area contributed by atoms with Crippen molar-refractivity contribution >= 4 is 17.5 Å². The SMILES string of the molecule is CC12OC(C)(C3C(=O)N(c4ccc(C#N)c(C(F)(F)F)c4)C(=O)C31)C1(O)CC21. The van der Waals surface area contributed by atoms with E-state index in [4.69, 9.17) is 10.00 Å². The van der Waals surface area contributed by atoms with Crippen LogP contribution >= 0.6 is 0 Å². The highest BCUT2D eigenvalue weighted by molar-refractivity contribution is 6.23. The second-order valence-electron chi connectivity index (χ2n) is 8.38. The van der Waals surface area contributed by atoms with Crippen molar-refractivity contribution < 1.29 is 32.6 Å². The van der Waals surface area contributed by atoms with E-state index in [0.29, 0.717) is 12.5 Å². The van der Waals surface area contributed by atoms with Gasteiger partial charge in [0, 0.05) is 5.92 Å². The Labute approximate surface area is 157 Å². The first kappa shape index (κ1) is 17.6. The average molecular weight is 392 g/mol. The minimum absolute atomic E-state index is 0.233. The number of imide groups is 1. The van der Waals surface area contributed by atoms with E-state index >= 15 is 0 Å². The molecule has 3 aliphatic heterocycles. The smallest absolute Gasteiger partial charge is 0.386 e. The summed E-state index contributed by atoms with van der Waals surface area (Å²) in [4.78, 5) is 27.0. The third kappa shape index (κ3) is 1.68. The number of fused-ring (bicyclic) bond motifs is 8. The molecule has 0 aromatic heterocycles. The normalized spacial score (nSPS) is 43.2. The minimum Gasteiger partial charge on any atom is -0.386 e. The van der Waals surface area contributed by atoms with Gasteiger partial charge in [-0.25, -0.2) is 4.90 Å². The number of hydrogen-bond acceptors (Lipinski definition) is 5. The molecule has 1 aromatic rings. The molecule has 5 rings (SSSR count). The number of rotatable bonds is 1. The summed E-state index contributed by atoms with van der Waals surface area (Å²) < 4.78 is 45.9. The van der Waals surface area contributed by atoms with Crippen LogP contribution in [0, 0.1) is 29.1 Å². The van der Waals surface area contributed by atoms with Crippen molar-refractivity contribution in [2.75, 3.05) is 4.90 Å². The third-order valence-electron chi connectivity index (χ3n) is 7.12. The summed E-state index contributed by atoms with van der Waals surface area (Å²) in [6.45, 7) is 3.28. The number of nitriles is 1. The lowest BCUT2D eigenvalue weighted by molar-refractivity contribution is -0.142. The van der Waals surface area contributed by atoms with Gasteiger partial charge in [-0.2, -0.15) is 18.4 Å². The van der Waals surface area contributed by atoms with E-state index in [-0.39, 0.29) is 11.6 Å². The second-order valence-corrected chi connectivity index (χ2v) is 8.38. The predicted molar refractivity (Wildman–Crippen MR) is 86.6 cm³/mol. The van der Waals surface area contributed by atoms with Crippen LogP contribution < -0.4 is 4.90 Å². The van der Waals surface area contributed by atoms with Gasteiger partial charge >= 0.3 is 6.18 Å². The summed E-state index contributed by atoms with van der Waals surface area (Å²) >= 11 is 0. The molecule has 1 aliphatic carbocycles. The maximum atomic E-state index is 13.3. The fraction of sp³-hybridized carbons (Fsp3) is 0.526. The van der Waals surface area contributed by atoms with E-state index < -0.39 is 57.8 Å². The Balaban J connectivity index is 1.61. The molecular weight excluding hydrogens is 377 g/mol. The molecule has 3 saturated heterocycles. The van der Waals surface area contributed by atoms with Crippen molar-refractivity contribution in [3.8, 4) is 6.07 Å². The molecule has 1 saturated carbocycles. The largest absolute Gasteiger partial charge is 0.417 e. The minimum atomic E-state index is -4.81. The van der Waals surface area contributed by atoms with Gasteiger partial charge in [-0.05, 0) is 38.5 Å². The maximum Gasteiger partial charge on any atom is 0.417 e. The molecule has 2 amide bonds. The van der Waals surface area contributed by atoms with Gasteiger partial charge in [0.2, 0.25) is 11.8 Å². The fourth-order valence-corrected chi connectivity index (χ4v) is 5.77. The lowest BCUT2D eigenvalue weighted by atomic mass is 9.67. The summed E-state index contributed by atoms with van der Waals surface area (Å²) in [5, 5.41) is 19.8. The van der Waals surface area contributed by atoms with E-state index in [1.54, 1.807) is 13.8 Å². The van der Waals surface area contributed by atoms with Crippen molar-refractivity contribution in [3.63, 3.8) is 0 Å². The van der Waals surface area contributed by atoms with Crippen LogP contribution in [-0.2, 0) is 20.5 Å². The molecule has 3 heterocycles. The van der Waals surface area contributed by atoms with Gasteiger partial charge in [-0.3, -0.25) is 9.59 Å². The van der Waals surface area contributed by atoms with Crippen LogP contribution in [0.3, 0.4) is 0 Å². The van der Waals surface area contributed by atoms with Gasteiger partial charge in [0.05, 0.1) is 40.3 Å². The Bertz CT molecular complexity index is 1020. The average Bonchev–Trinajstić information content (AvgIpc) is 3.11. The summed E-state index contributed by atoms with van der Waals surface area (Å²) in [6.07, 6.45) is -4.37. The molecule has 1 N–H and O–H groups in total. The standard InChI is InChI=1S/C19H15F3N2O4/c1-16-11-6-18(11,27)17(2,28-16)13-12(16)14(25)24(15(13)26)9-4-3-8(7-23)10(5-9)19(20,21)22/h3-5,11-13,27H,6H2,1-2H3. The van der Waals surface area contributed by atoms with Crippen molar-refractivity contribution in [1.29, 1.82) is 5.26 Å². The van der Waals surface area contributed by atoms with Crippen molar-refractivity contribution in [2.24, 2.45) is 17.8 Å². The first-order valence-corrected chi connectivity index (χ1v) is 8.82. The zero-order chi connectivity index (χ0) is 20.4. The molecule has 6 nitrogen and oxygen atoms in total. The van der Waals surface area contributed by atoms with Crippen LogP contribution in [-0.4, -0.2) is 33.7 Å².